The topological polar surface area (TPSA) is 356 Å². The molecule has 0 saturated heterocycles. The molecule has 99 heavy (non-hydrogen) atoms. The van der Waals surface area contributed by atoms with E-state index in [-0.39, 0.29) is 83.9 Å². The second-order valence-electron chi connectivity index (χ2n) is 22.1. The molecule has 0 bridgehead atoms. The summed E-state index contributed by atoms with van der Waals surface area (Å²) in [7, 11) is 7.07. The molecule has 33 nitrogen and oxygen atoms in total. The van der Waals surface area contributed by atoms with E-state index in [1.165, 1.54) is 62.4 Å². The van der Waals surface area contributed by atoms with Crippen molar-refractivity contribution >= 4 is 41.5 Å². The molecule has 2 aromatic rings. The predicted octanol–water partition coefficient (Wildman–Crippen LogP) is 1.27. The fraction of sp³-hybridized carbons (Fsp3) is 0.712. The lowest BCUT2D eigenvalue weighted by Gasteiger charge is -2.26. The highest BCUT2D eigenvalue weighted by atomic mass is 16.6. The molecule has 3 rings (SSSR count). The van der Waals surface area contributed by atoms with Crippen molar-refractivity contribution < 1.29 is 109 Å². The lowest BCUT2D eigenvalue weighted by Crippen LogP contribution is -2.48. The molecule has 1 aliphatic rings. The van der Waals surface area contributed by atoms with Gasteiger partial charge in [0.05, 0.1) is 237 Å². The summed E-state index contributed by atoms with van der Waals surface area (Å²) in [5.74, 6) is -2.79. The molecule has 2 N–H and O–H groups in total. The number of nitrogens with one attached hydrogen (secondary N) is 2. The average molecular weight is 1410 g/mol. The summed E-state index contributed by atoms with van der Waals surface area (Å²) in [6.45, 7) is 11.9. The van der Waals surface area contributed by atoms with E-state index in [0.29, 0.717) is 198 Å². The minimum absolute atomic E-state index is 0.0193. The van der Waals surface area contributed by atoms with E-state index < -0.39 is 35.6 Å². The maximum atomic E-state index is 12.8. The first-order chi connectivity index (χ1) is 48.2. The van der Waals surface area contributed by atoms with Crippen molar-refractivity contribution in [1.82, 2.24) is 35.1 Å². The number of amides is 7. The van der Waals surface area contributed by atoms with Crippen molar-refractivity contribution in [2.75, 3.05) is 292 Å². The van der Waals surface area contributed by atoms with Crippen molar-refractivity contribution in [3.8, 4) is 11.1 Å². The van der Waals surface area contributed by atoms with Crippen molar-refractivity contribution in [2.24, 2.45) is 5.11 Å². The number of hydrogen-bond donors (Lipinski definition) is 2. The Morgan fingerprint density at radius 2 is 0.657 bits per heavy atom. The van der Waals surface area contributed by atoms with E-state index in [0.717, 1.165) is 19.6 Å². The number of nitrogens with zero attached hydrogens (tertiary/aromatic N) is 8. The van der Waals surface area contributed by atoms with E-state index in [4.69, 9.17) is 81.3 Å². The zero-order valence-corrected chi connectivity index (χ0v) is 58.7. The number of ether oxygens (including phenoxy) is 16. The Bertz CT molecular complexity index is 2530. The summed E-state index contributed by atoms with van der Waals surface area (Å²) in [6, 6.07) is 16.5. The quantitative estimate of drug-likeness (QED) is 0.0407. The van der Waals surface area contributed by atoms with Gasteiger partial charge in [-0.15, -0.1) is 0 Å². The molecule has 1 aliphatic carbocycles. The maximum Gasteiger partial charge on any atom is 0.407 e. The fourth-order valence-corrected chi connectivity index (χ4v) is 8.83. The van der Waals surface area contributed by atoms with Crippen LogP contribution in [-0.2, 0) is 105 Å². The average Bonchev–Trinajstić information content (AvgIpc) is 1.62. The Morgan fingerprint density at radius 3 is 0.980 bits per heavy atom. The van der Waals surface area contributed by atoms with Gasteiger partial charge in [0.1, 0.15) is 6.61 Å². The van der Waals surface area contributed by atoms with Crippen molar-refractivity contribution in [1.29, 1.82) is 0 Å². The van der Waals surface area contributed by atoms with Gasteiger partial charge in [-0.2, -0.15) is 0 Å². The molecular weight excluding hydrogens is 1300 g/mol. The number of carbonyl (C=O) groups excluding carboxylic acids is 7. The van der Waals surface area contributed by atoms with Crippen LogP contribution in [0.3, 0.4) is 0 Å². The van der Waals surface area contributed by atoms with Crippen LogP contribution in [0.5, 0.6) is 0 Å². The van der Waals surface area contributed by atoms with Gasteiger partial charge in [-0.3, -0.25) is 28.8 Å². The number of carbonyl (C=O) groups is 7. The second kappa shape index (κ2) is 57.9. The lowest BCUT2D eigenvalue weighted by molar-refractivity contribution is -0.145. The Hall–Kier alpha value is -6.76. The van der Waals surface area contributed by atoms with Crippen LogP contribution in [-0.4, -0.2) is 358 Å². The van der Waals surface area contributed by atoms with Crippen LogP contribution in [0.15, 0.2) is 53.6 Å². The highest BCUT2D eigenvalue weighted by molar-refractivity contribution is 5.92. The van der Waals surface area contributed by atoms with Crippen LogP contribution in [0, 0.1) is 0 Å². The Morgan fingerprint density at radius 1 is 0.374 bits per heavy atom. The molecule has 0 saturated carbocycles. The number of azide groups is 1. The summed E-state index contributed by atoms with van der Waals surface area (Å²) in [6.07, 6.45) is 0.00745. The van der Waals surface area contributed by atoms with Crippen LogP contribution in [0.4, 0.5) is 4.79 Å². The Balaban J connectivity index is 0.937. The first-order valence-electron chi connectivity index (χ1n) is 33.5. The third-order valence-corrected chi connectivity index (χ3v) is 14.3. The van der Waals surface area contributed by atoms with Crippen molar-refractivity contribution in [3.05, 3.63) is 70.1 Å². The molecule has 0 aromatic heterocycles. The molecule has 0 heterocycles. The molecule has 0 spiro atoms. The predicted molar refractivity (Wildman–Crippen MR) is 360 cm³/mol. The van der Waals surface area contributed by atoms with Gasteiger partial charge < -0.3 is 111 Å². The number of rotatable bonds is 64. The number of benzene rings is 2. The Labute approximate surface area is 581 Å². The highest BCUT2D eigenvalue weighted by Crippen LogP contribution is 2.44. The normalized spacial score (nSPS) is 11.6. The van der Waals surface area contributed by atoms with Gasteiger partial charge in [0.15, 0.2) is 0 Å². The molecular formula is C66H108N10O23. The molecule has 560 valence electrons. The van der Waals surface area contributed by atoms with Crippen molar-refractivity contribution in [2.45, 2.75) is 18.8 Å². The third-order valence-electron chi connectivity index (χ3n) is 14.3. The summed E-state index contributed by atoms with van der Waals surface area (Å²) >= 11 is 0. The second-order valence-corrected chi connectivity index (χ2v) is 22.1. The third kappa shape index (κ3) is 42.8. The van der Waals surface area contributed by atoms with E-state index >= 15 is 0 Å². The van der Waals surface area contributed by atoms with Crippen LogP contribution in [0.2, 0.25) is 0 Å². The highest BCUT2D eigenvalue weighted by Gasteiger charge is 2.29. The summed E-state index contributed by atoms with van der Waals surface area (Å²) < 4.78 is 88.4. The first-order valence-corrected chi connectivity index (χ1v) is 33.5. The molecule has 0 aliphatic heterocycles. The molecule has 0 fully saturated rings. The first kappa shape index (κ1) is 86.5. The van der Waals surface area contributed by atoms with Gasteiger partial charge in [-0.1, -0.05) is 53.6 Å². The minimum Gasteiger partial charge on any atom is -0.449 e. The van der Waals surface area contributed by atoms with E-state index in [1.54, 1.807) is 0 Å². The smallest absolute Gasteiger partial charge is 0.407 e. The molecule has 33 heteroatoms. The van der Waals surface area contributed by atoms with Crippen LogP contribution in [0.25, 0.3) is 21.6 Å². The van der Waals surface area contributed by atoms with Gasteiger partial charge in [-0.05, 0) is 34.2 Å². The summed E-state index contributed by atoms with van der Waals surface area (Å²) in [5, 5.41) is 8.73. The standard InChI is InChI=1S/C66H108N10O23/c1-72(49-60(77)68-16-10-17-70-71-67)62(79)51-74(3)64(81)53-76(5)65(82)52-75(4)63(80)50-73(2)61(78)15-19-84-21-23-86-25-27-88-29-31-90-33-35-92-37-39-94-41-43-96-45-47-98-48-46-97-44-42-95-40-38-93-36-34-91-32-30-89-28-26-87-24-22-85-20-18-69-66(83)99-54-59-57-13-8-6-11-55(57)56-12-7-9-14-58(56)59/h6-9,11-14,59H,10,15-54H2,1-5H3,(H,68,77)(H,69,83). The zero-order valence-electron chi connectivity index (χ0n) is 58.7. The van der Waals surface area contributed by atoms with Crippen LogP contribution < -0.4 is 10.6 Å². The SMILES string of the molecule is CN(CC(=O)NCCCN=[N+]=[N-])C(=O)CN(C)C(=O)CN(C)C(=O)CN(C)C(=O)CN(C)C(=O)CCOCCOCCOCCOCCOCCOCCOCCOCCOCCOCCOCCOCCOCCOCCOCCNC(=O)OCC1c2ccccc2-c2ccccc21. The molecule has 2 aromatic carbocycles. The number of fused-ring (bicyclic) bond motifs is 3. The van der Waals surface area contributed by atoms with Gasteiger partial charge in [-0.25, -0.2) is 4.79 Å². The van der Waals surface area contributed by atoms with Gasteiger partial charge in [0, 0.05) is 65.7 Å². The molecule has 0 radical (unpaired) electrons. The fourth-order valence-electron chi connectivity index (χ4n) is 8.83. The number of hydrogen-bond acceptors (Lipinski definition) is 24. The van der Waals surface area contributed by atoms with Gasteiger partial charge >= 0.3 is 6.09 Å². The monoisotopic (exact) mass is 1410 g/mol. The van der Waals surface area contributed by atoms with E-state index in [1.807, 2.05) is 24.3 Å². The number of alkyl carbamates (subject to hydrolysis) is 1. The van der Waals surface area contributed by atoms with Crippen molar-refractivity contribution in [3.63, 3.8) is 0 Å². The maximum absolute atomic E-state index is 12.8. The lowest BCUT2D eigenvalue weighted by atomic mass is 9.98. The van der Waals surface area contributed by atoms with Crippen LogP contribution in [0.1, 0.15) is 29.9 Å². The molecule has 0 unspecified atom stereocenters. The zero-order chi connectivity index (χ0) is 71.6. The van der Waals surface area contributed by atoms with Crippen LogP contribution >= 0.6 is 0 Å². The van der Waals surface area contributed by atoms with Gasteiger partial charge in [0.2, 0.25) is 35.4 Å². The molecule has 7 amide bonds. The molecule has 0 atom stereocenters. The van der Waals surface area contributed by atoms with E-state index in [2.05, 4.69) is 44.9 Å². The largest absolute Gasteiger partial charge is 0.449 e. The van der Waals surface area contributed by atoms with Gasteiger partial charge in [0.25, 0.3) is 0 Å². The Kier molecular flexibility index (Phi) is 50.6. The van der Waals surface area contributed by atoms with E-state index in [9.17, 15) is 33.6 Å². The summed E-state index contributed by atoms with van der Waals surface area (Å²) in [4.78, 5) is 96.4. The number of likely N-dealkylation sites (N-methyl/N-ethyl adjacent to an activating group) is 5. The summed E-state index contributed by atoms with van der Waals surface area (Å²) in [5.41, 5.74) is 13.0. The minimum atomic E-state index is -0.537.